The lowest BCUT2D eigenvalue weighted by atomic mass is 10.0. The second-order valence-corrected chi connectivity index (χ2v) is 11.6. The van der Waals surface area contributed by atoms with E-state index in [1.165, 1.54) is 24.1 Å². The molecular weight excluding hydrogens is 496 g/mol. The van der Waals surface area contributed by atoms with E-state index >= 15 is 0 Å². The minimum atomic E-state index is -4.28. The van der Waals surface area contributed by atoms with E-state index in [9.17, 15) is 27.3 Å². The van der Waals surface area contributed by atoms with Gasteiger partial charge in [0, 0.05) is 32.6 Å². The number of hydrogen-bond donors (Lipinski definition) is 2. The molecule has 2 N–H and O–H groups in total. The van der Waals surface area contributed by atoms with Crippen molar-refractivity contribution in [1.29, 1.82) is 5.26 Å². The number of hydrogen-bond acceptors (Lipinski definition) is 8. The van der Waals surface area contributed by atoms with Gasteiger partial charge in [-0.25, -0.2) is 21.9 Å². The Bertz CT molecular complexity index is 1300. The van der Waals surface area contributed by atoms with E-state index in [1.54, 1.807) is 0 Å². The number of rotatable bonds is 9. The summed E-state index contributed by atoms with van der Waals surface area (Å²) < 4.78 is 63.1. The number of carbonyl (C=O) groups excluding carboxylic acids is 1. The largest absolute Gasteiger partial charge is 0.396 e. The van der Waals surface area contributed by atoms with Crippen molar-refractivity contribution in [1.82, 2.24) is 20.3 Å². The topological polar surface area (TPSA) is 147 Å². The van der Waals surface area contributed by atoms with Crippen LogP contribution in [-0.2, 0) is 31.7 Å². The van der Waals surface area contributed by atoms with E-state index < -0.39 is 54.9 Å². The Morgan fingerprint density at radius 2 is 2.11 bits per heavy atom. The Balaban J connectivity index is 1.64. The highest BCUT2D eigenvalue weighted by Crippen LogP contribution is 2.42. The van der Waals surface area contributed by atoms with Crippen molar-refractivity contribution in [3.05, 3.63) is 35.7 Å². The number of aromatic nitrogens is 3. The second kappa shape index (κ2) is 9.49. The first-order valence-corrected chi connectivity index (χ1v) is 13.0. The number of halogens is 2. The summed E-state index contributed by atoms with van der Waals surface area (Å²) in [6, 6.07) is 5.59. The quantitative estimate of drug-likeness (QED) is 0.504. The normalized spacial score (nSPS) is 23.3. The fourth-order valence-corrected chi connectivity index (χ4v) is 6.61. The monoisotopic (exact) mass is 523 g/mol. The molecule has 2 aliphatic rings. The lowest BCUT2D eigenvalue weighted by Crippen LogP contribution is -2.42. The number of amides is 1. The molecule has 2 aromatic rings. The first kappa shape index (κ1) is 26.1. The van der Waals surface area contributed by atoms with Crippen molar-refractivity contribution in [2.75, 3.05) is 13.7 Å². The molecule has 2 saturated carbocycles. The molecule has 3 atom stereocenters. The van der Waals surface area contributed by atoms with E-state index in [-0.39, 0.29) is 31.6 Å². The van der Waals surface area contributed by atoms with Crippen molar-refractivity contribution in [2.24, 2.45) is 5.92 Å². The van der Waals surface area contributed by atoms with Crippen LogP contribution in [0.2, 0.25) is 0 Å². The number of nitrogens with zero attached hydrogens (tertiary/aromatic N) is 4. The van der Waals surface area contributed by atoms with Gasteiger partial charge in [0.25, 0.3) is 5.92 Å². The minimum absolute atomic E-state index is 0.0411. The zero-order valence-corrected chi connectivity index (χ0v) is 20.6. The first-order chi connectivity index (χ1) is 16.9. The predicted octanol–water partition coefficient (Wildman–Crippen LogP) is 1.65. The van der Waals surface area contributed by atoms with Crippen molar-refractivity contribution in [3.63, 3.8) is 0 Å². The molecule has 0 bridgehead atoms. The Hall–Kier alpha value is -2.95. The molecule has 1 heterocycles. The summed E-state index contributed by atoms with van der Waals surface area (Å²) in [6.07, 6.45) is 1.86. The molecule has 2 fully saturated rings. The van der Waals surface area contributed by atoms with Crippen LogP contribution >= 0.6 is 0 Å². The van der Waals surface area contributed by atoms with Gasteiger partial charge in [0.15, 0.2) is 9.84 Å². The van der Waals surface area contributed by atoms with E-state index in [0.29, 0.717) is 25.5 Å². The maximum Gasteiger partial charge on any atom is 0.271 e. The molecule has 0 radical (unpaired) electrons. The smallest absolute Gasteiger partial charge is 0.271 e. The van der Waals surface area contributed by atoms with Crippen LogP contribution in [0.25, 0.3) is 5.69 Å². The molecule has 10 nitrogen and oxygen atoms in total. The van der Waals surface area contributed by atoms with Crippen molar-refractivity contribution >= 4 is 15.7 Å². The summed E-state index contributed by atoms with van der Waals surface area (Å²) >= 11 is 0. The fraction of sp³-hybridized carbons (Fsp3) is 0.565. The average molecular weight is 524 g/mol. The summed E-state index contributed by atoms with van der Waals surface area (Å²) in [7, 11) is -2.92. The van der Waals surface area contributed by atoms with Gasteiger partial charge in [-0.15, -0.1) is 5.10 Å². The van der Waals surface area contributed by atoms with Gasteiger partial charge in [-0.2, -0.15) is 5.26 Å². The summed E-state index contributed by atoms with van der Waals surface area (Å²) in [6.45, 7) is 0.456. The number of sulfone groups is 1. The minimum Gasteiger partial charge on any atom is -0.396 e. The number of methoxy groups -OCH3 is 1. The van der Waals surface area contributed by atoms with Gasteiger partial charge >= 0.3 is 0 Å². The third-order valence-electron chi connectivity index (χ3n) is 6.78. The van der Waals surface area contributed by atoms with E-state index in [0.717, 1.165) is 12.1 Å². The number of benzene rings is 1. The summed E-state index contributed by atoms with van der Waals surface area (Å²) in [5, 5.41) is 27.6. The molecule has 2 aliphatic carbocycles. The van der Waals surface area contributed by atoms with Gasteiger partial charge in [0.2, 0.25) is 5.91 Å². The number of ether oxygens (including phenoxy) is 1. The maximum atomic E-state index is 14.7. The second-order valence-electron chi connectivity index (χ2n) is 9.40. The molecule has 0 aliphatic heterocycles. The molecule has 1 amide bonds. The molecule has 13 heteroatoms. The van der Waals surface area contributed by atoms with Gasteiger partial charge in [-0.3, -0.25) is 4.79 Å². The highest BCUT2D eigenvalue weighted by Gasteiger charge is 2.50. The standard InChI is InChI=1S/C23H27F2N5O5S/c1-22(24,25)18-9-15(30-12-14(5-8-31)28-29-30)3-4-20(18)36(33,34)16-10-17(19(11-16)35-2)21(32)27-23(13-26)6-7-23/h3-4,9,12,16-17,19,31H,5-8,10-11H2,1-2H3,(H,27,32). The van der Waals surface area contributed by atoms with Crippen LogP contribution in [0.15, 0.2) is 29.3 Å². The predicted molar refractivity (Wildman–Crippen MR) is 122 cm³/mol. The molecule has 0 saturated heterocycles. The van der Waals surface area contributed by atoms with Crippen LogP contribution in [0, 0.1) is 17.2 Å². The lowest BCUT2D eigenvalue weighted by Gasteiger charge is -2.20. The number of aliphatic hydroxyl groups is 1. The summed E-state index contributed by atoms with van der Waals surface area (Å²) in [5.41, 5.74) is -0.975. The molecule has 3 unspecified atom stereocenters. The molecule has 4 rings (SSSR count). The van der Waals surface area contributed by atoms with Crippen LogP contribution in [0.3, 0.4) is 0 Å². The molecule has 194 valence electrons. The Labute approximate surface area is 207 Å². The average Bonchev–Trinajstić information content (AvgIpc) is 3.23. The molecule has 1 aromatic heterocycles. The van der Waals surface area contributed by atoms with Gasteiger partial charge in [0.05, 0.1) is 45.8 Å². The van der Waals surface area contributed by atoms with Gasteiger partial charge < -0.3 is 15.2 Å². The van der Waals surface area contributed by atoms with Crippen molar-refractivity contribution < 1.29 is 31.8 Å². The zero-order chi connectivity index (χ0) is 26.3. The molecule has 36 heavy (non-hydrogen) atoms. The Morgan fingerprint density at radius 3 is 2.69 bits per heavy atom. The van der Waals surface area contributed by atoms with Crippen LogP contribution in [0.4, 0.5) is 8.78 Å². The van der Waals surface area contributed by atoms with Crippen LogP contribution < -0.4 is 5.32 Å². The lowest BCUT2D eigenvalue weighted by molar-refractivity contribution is -0.128. The Kier molecular flexibility index (Phi) is 6.89. The highest BCUT2D eigenvalue weighted by molar-refractivity contribution is 7.92. The van der Waals surface area contributed by atoms with Crippen LogP contribution in [0.1, 0.15) is 43.9 Å². The number of carbonyl (C=O) groups is 1. The van der Waals surface area contributed by atoms with E-state index in [2.05, 4.69) is 21.7 Å². The highest BCUT2D eigenvalue weighted by atomic mass is 32.2. The van der Waals surface area contributed by atoms with Gasteiger partial charge in [0.1, 0.15) is 5.54 Å². The molecular formula is C23H27F2N5O5S. The first-order valence-electron chi connectivity index (χ1n) is 11.5. The molecule has 0 spiro atoms. The number of aliphatic hydroxyl groups excluding tert-OH is 1. The van der Waals surface area contributed by atoms with Gasteiger partial charge in [-0.1, -0.05) is 5.21 Å². The fourth-order valence-electron chi connectivity index (χ4n) is 4.55. The summed E-state index contributed by atoms with van der Waals surface area (Å²) in [5.74, 6) is -4.79. The Morgan fingerprint density at radius 1 is 1.39 bits per heavy atom. The number of nitriles is 1. The SMILES string of the molecule is COC1CC(S(=O)(=O)c2ccc(-n3cc(CCO)nn3)cc2C(C)(F)F)CC1C(=O)NC1(C#N)CC1. The third kappa shape index (κ3) is 4.98. The van der Waals surface area contributed by atoms with Crippen LogP contribution in [-0.4, -0.2) is 65.0 Å². The summed E-state index contributed by atoms with van der Waals surface area (Å²) in [4.78, 5) is 12.3. The molecule has 1 aromatic carbocycles. The number of alkyl halides is 2. The van der Waals surface area contributed by atoms with Crippen LogP contribution in [0.5, 0.6) is 0 Å². The number of nitrogens with one attached hydrogen (secondary N) is 1. The van der Waals surface area contributed by atoms with E-state index in [1.807, 2.05) is 0 Å². The van der Waals surface area contributed by atoms with Crippen molar-refractivity contribution in [3.8, 4) is 11.8 Å². The van der Waals surface area contributed by atoms with Crippen molar-refractivity contribution in [2.45, 2.75) is 66.7 Å². The maximum absolute atomic E-state index is 14.7. The zero-order valence-electron chi connectivity index (χ0n) is 19.8. The third-order valence-corrected chi connectivity index (χ3v) is 9.01. The van der Waals surface area contributed by atoms with Gasteiger partial charge in [-0.05, 0) is 43.9 Å². The van der Waals surface area contributed by atoms with E-state index in [4.69, 9.17) is 9.84 Å².